The number of methoxy groups -OCH3 is 1. The first-order chi connectivity index (χ1) is 15.0. The van der Waals surface area contributed by atoms with Crippen molar-refractivity contribution < 1.29 is 28.5 Å². The summed E-state index contributed by atoms with van der Waals surface area (Å²) < 4.78 is 11.5. The number of nitrogens with one attached hydrogen (secondary N) is 4. The number of quaternary nitrogens is 2. The lowest BCUT2D eigenvalue weighted by Gasteiger charge is -2.32. The Kier molecular flexibility index (Phi) is 6.11. The van der Waals surface area contributed by atoms with Crippen molar-refractivity contribution in [1.29, 1.82) is 0 Å². The molecule has 4 N–H and O–H groups in total. The van der Waals surface area contributed by atoms with E-state index in [0.717, 1.165) is 42.5 Å². The van der Waals surface area contributed by atoms with Gasteiger partial charge in [0, 0.05) is 23.9 Å². The summed E-state index contributed by atoms with van der Waals surface area (Å²) in [7, 11) is 3.26. The van der Waals surface area contributed by atoms with Crippen LogP contribution in [-0.2, 0) is 9.59 Å². The van der Waals surface area contributed by atoms with E-state index < -0.39 is 0 Å². The first kappa shape index (κ1) is 21.1. The van der Waals surface area contributed by atoms with Crippen LogP contribution in [0.3, 0.4) is 0 Å². The number of anilines is 1. The molecule has 2 amide bonds. The van der Waals surface area contributed by atoms with Crippen LogP contribution in [0.4, 0.5) is 5.69 Å². The molecule has 1 fully saturated rings. The second kappa shape index (κ2) is 8.95. The third-order valence-corrected chi connectivity index (χ3v) is 6.25. The maximum Gasteiger partial charge on any atom is 0.282 e. The van der Waals surface area contributed by atoms with Gasteiger partial charge in [-0.05, 0) is 19.1 Å². The van der Waals surface area contributed by atoms with E-state index in [0.29, 0.717) is 23.6 Å². The molecule has 3 aromatic rings. The monoisotopic (exact) mass is 426 g/mol. The van der Waals surface area contributed by atoms with Crippen LogP contribution >= 0.6 is 0 Å². The molecule has 0 saturated carbocycles. The third kappa shape index (κ3) is 4.35. The predicted molar refractivity (Wildman–Crippen MR) is 119 cm³/mol. The van der Waals surface area contributed by atoms with Crippen LogP contribution in [-0.4, -0.2) is 64.7 Å². The molecule has 1 atom stereocenters. The molecule has 0 aliphatic carbocycles. The van der Waals surface area contributed by atoms with Crippen LogP contribution < -0.4 is 25.2 Å². The first-order valence-corrected chi connectivity index (χ1v) is 10.7. The number of fused-ring (bicyclic) bond motifs is 3. The van der Waals surface area contributed by atoms with Crippen LogP contribution in [0.1, 0.15) is 6.92 Å². The van der Waals surface area contributed by atoms with E-state index in [2.05, 4.69) is 10.6 Å². The summed E-state index contributed by atoms with van der Waals surface area (Å²) in [6.07, 6.45) is 0. The van der Waals surface area contributed by atoms with Gasteiger partial charge in [-0.25, -0.2) is 0 Å². The number of carbonyl (C=O) groups excluding carboxylic acids is 2. The van der Waals surface area contributed by atoms with E-state index in [-0.39, 0.29) is 17.9 Å². The minimum Gasteiger partial charge on any atom is -0.495 e. The van der Waals surface area contributed by atoms with Crippen molar-refractivity contribution in [3.63, 3.8) is 0 Å². The minimum absolute atomic E-state index is 0.0531. The van der Waals surface area contributed by atoms with Crippen LogP contribution in [0.15, 0.2) is 40.8 Å². The Morgan fingerprint density at radius 2 is 1.84 bits per heavy atom. The molecule has 1 aliphatic heterocycles. The number of para-hydroxylation sites is 1. The molecule has 0 unspecified atom stereocenters. The zero-order valence-electron chi connectivity index (χ0n) is 18.2. The van der Waals surface area contributed by atoms with Gasteiger partial charge in [-0.3, -0.25) is 9.59 Å². The number of ether oxygens (including phenoxy) is 1. The van der Waals surface area contributed by atoms with Crippen molar-refractivity contribution in [2.45, 2.75) is 13.0 Å². The van der Waals surface area contributed by atoms with Gasteiger partial charge in [0.2, 0.25) is 0 Å². The number of furan rings is 1. The molecule has 8 nitrogen and oxygen atoms in total. The Morgan fingerprint density at radius 3 is 2.55 bits per heavy atom. The first-order valence-electron chi connectivity index (χ1n) is 10.7. The highest BCUT2D eigenvalue weighted by Crippen LogP contribution is 2.36. The van der Waals surface area contributed by atoms with Crippen molar-refractivity contribution in [2.24, 2.45) is 0 Å². The van der Waals surface area contributed by atoms with Gasteiger partial charge in [0.1, 0.15) is 43.1 Å². The van der Waals surface area contributed by atoms with Crippen molar-refractivity contribution in [3.05, 3.63) is 36.4 Å². The number of benzene rings is 2. The van der Waals surface area contributed by atoms with Crippen LogP contribution in [0.25, 0.3) is 21.9 Å². The minimum atomic E-state index is -0.211. The molecule has 0 bridgehead atoms. The van der Waals surface area contributed by atoms with Crippen molar-refractivity contribution in [1.82, 2.24) is 5.32 Å². The average molecular weight is 427 g/mol. The molecule has 1 saturated heterocycles. The molecule has 2 aromatic carbocycles. The summed E-state index contributed by atoms with van der Waals surface area (Å²) in [6.45, 7) is 5.87. The third-order valence-electron chi connectivity index (χ3n) is 6.25. The van der Waals surface area contributed by atoms with E-state index in [1.807, 2.05) is 43.3 Å². The molecule has 8 heteroatoms. The highest BCUT2D eigenvalue weighted by molar-refractivity contribution is 6.08. The van der Waals surface area contributed by atoms with Crippen molar-refractivity contribution >= 4 is 39.4 Å². The number of rotatable bonds is 6. The summed E-state index contributed by atoms with van der Waals surface area (Å²) in [5.41, 5.74) is 2.12. The Hall–Kier alpha value is -3.10. The summed E-state index contributed by atoms with van der Waals surface area (Å²) in [6, 6.07) is 11.4. The van der Waals surface area contributed by atoms with E-state index in [4.69, 9.17) is 9.15 Å². The fourth-order valence-corrected chi connectivity index (χ4v) is 4.29. The van der Waals surface area contributed by atoms with Gasteiger partial charge in [0.15, 0.2) is 12.6 Å². The number of carbonyl (C=O) groups is 2. The lowest BCUT2D eigenvalue weighted by Crippen LogP contribution is -3.30. The highest BCUT2D eigenvalue weighted by atomic mass is 16.5. The number of likely N-dealkylation sites (N-methyl/N-ethyl adjacent to an activating group) is 1. The van der Waals surface area contributed by atoms with Gasteiger partial charge in [0.25, 0.3) is 11.8 Å². The van der Waals surface area contributed by atoms with E-state index >= 15 is 0 Å². The fraction of sp³-hybridized carbons (Fsp3) is 0.391. The molecule has 31 heavy (non-hydrogen) atoms. The Morgan fingerprint density at radius 1 is 1.10 bits per heavy atom. The van der Waals surface area contributed by atoms with E-state index in [1.54, 1.807) is 14.2 Å². The summed E-state index contributed by atoms with van der Waals surface area (Å²) in [5.74, 6) is 0.602. The highest BCUT2D eigenvalue weighted by Gasteiger charge is 2.32. The molecule has 164 valence electrons. The zero-order valence-corrected chi connectivity index (χ0v) is 18.2. The molecule has 0 spiro atoms. The standard InChI is InChI=1S/C23H28N4O4/c1-15(27-10-8-26(9-11-27)14-22(28)24-2)23(29)25-18-13-20-17(12-21(18)30-3)16-6-4-5-7-19(16)31-20/h4-7,12-13,15H,8-11,14H2,1-3H3,(H,24,28)(H,25,29)/p+2/t15-/m0/s1. The van der Waals surface area contributed by atoms with Crippen molar-refractivity contribution in [3.8, 4) is 5.75 Å². The van der Waals surface area contributed by atoms with E-state index in [1.165, 1.54) is 9.80 Å². The molecule has 2 heterocycles. The maximum absolute atomic E-state index is 13.0. The van der Waals surface area contributed by atoms with Gasteiger partial charge in [0.05, 0.1) is 12.8 Å². The number of hydrogen-bond donors (Lipinski definition) is 4. The zero-order chi connectivity index (χ0) is 22.0. The lowest BCUT2D eigenvalue weighted by atomic mass is 10.1. The smallest absolute Gasteiger partial charge is 0.282 e. The largest absolute Gasteiger partial charge is 0.495 e. The number of piperazine rings is 1. The molecule has 1 aliphatic rings. The molecule has 1 aromatic heterocycles. The lowest BCUT2D eigenvalue weighted by molar-refractivity contribution is -1.01. The summed E-state index contributed by atoms with van der Waals surface area (Å²) in [5, 5.41) is 7.68. The summed E-state index contributed by atoms with van der Waals surface area (Å²) in [4.78, 5) is 27.1. The quantitative estimate of drug-likeness (QED) is 0.426. The number of amides is 2. The van der Waals surface area contributed by atoms with Gasteiger partial charge in [-0.15, -0.1) is 0 Å². The molecule has 4 rings (SSSR count). The van der Waals surface area contributed by atoms with E-state index in [9.17, 15) is 9.59 Å². The maximum atomic E-state index is 13.0. The van der Waals surface area contributed by atoms with Crippen LogP contribution in [0.5, 0.6) is 5.75 Å². The Labute approximate surface area is 181 Å². The molecule has 0 radical (unpaired) electrons. The molecular weight excluding hydrogens is 396 g/mol. The second-order valence-electron chi connectivity index (χ2n) is 8.12. The van der Waals surface area contributed by atoms with Gasteiger partial charge in [-0.1, -0.05) is 18.2 Å². The fourth-order valence-electron chi connectivity index (χ4n) is 4.29. The summed E-state index contributed by atoms with van der Waals surface area (Å²) >= 11 is 0. The van der Waals surface area contributed by atoms with Crippen LogP contribution in [0.2, 0.25) is 0 Å². The van der Waals surface area contributed by atoms with Gasteiger partial charge >= 0.3 is 0 Å². The Bertz CT molecular complexity index is 1100. The Balaban J connectivity index is 1.46. The number of hydrogen-bond acceptors (Lipinski definition) is 4. The van der Waals surface area contributed by atoms with Crippen molar-refractivity contribution in [2.75, 3.05) is 52.2 Å². The van der Waals surface area contributed by atoms with Gasteiger partial charge < -0.3 is 29.6 Å². The normalized spacial score (nSPS) is 19.8. The average Bonchev–Trinajstić information content (AvgIpc) is 3.15. The van der Waals surface area contributed by atoms with Crippen LogP contribution in [0, 0.1) is 0 Å². The second-order valence-corrected chi connectivity index (χ2v) is 8.12. The SMILES string of the molecule is CNC(=O)C[NH+]1CC[NH+]([C@@H](C)C(=O)Nc2cc3oc4ccccc4c3cc2OC)CC1. The topological polar surface area (TPSA) is 89.5 Å². The van der Waals surface area contributed by atoms with Gasteiger partial charge in [-0.2, -0.15) is 0 Å². The predicted octanol–water partition coefficient (Wildman–Crippen LogP) is -0.549. The molecular formula is C23H30N4O4+2.